The third-order valence-corrected chi connectivity index (χ3v) is 3.85. The Labute approximate surface area is 117 Å². The SMILES string of the molecule is NC(=S)CCCCN1C(=O)NC2(CCOCC2)C1=O. The Kier molecular flexibility index (Phi) is 4.36. The molecule has 0 radical (unpaired) electrons. The van der Waals surface area contributed by atoms with E-state index in [2.05, 4.69) is 5.32 Å². The number of nitrogens with zero attached hydrogens (tertiary/aromatic N) is 1. The molecule has 0 aromatic heterocycles. The van der Waals surface area contributed by atoms with Crippen molar-refractivity contribution in [1.29, 1.82) is 0 Å². The van der Waals surface area contributed by atoms with Crippen molar-refractivity contribution in [2.24, 2.45) is 5.73 Å². The smallest absolute Gasteiger partial charge is 0.325 e. The van der Waals surface area contributed by atoms with Gasteiger partial charge in [-0.3, -0.25) is 9.69 Å². The summed E-state index contributed by atoms with van der Waals surface area (Å²) in [5.74, 6) is -0.115. The normalized spacial score (nSPS) is 21.8. The summed E-state index contributed by atoms with van der Waals surface area (Å²) >= 11 is 4.79. The topological polar surface area (TPSA) is 84.7 Å². The molecular formula is C12H19N3O3S. The van der Waals surface area contributed by atoms with Gasteiger partial charge in [-0.05, 0) is 19.3 Å². The average molecular weight is 285 g/mol. The molecule has 0 aliphatic carbocycles. The lowest BCUT2D eigenvalue weighted by Gasteiger charge is -2.30. The van der Waals surface area contributed by atoms with E-state index in [1.165, 1.54) is 4.90 Å². The lowest BCUT2D eigenvalue weighted by molar-refractivity contribution is -0.134. The second-order valence-corrected chi connectivity index (χ2v) is 5.53. The minimum absolute atomic E-state index is 0.115. The number of nitrogens with one attached hydrogen (secondary N) is 1. The Balaban J connectivity index is 1.89. The van der Waals surface area contributed by atoms with Gasteiger partial charge in [0.15, 0.2) is 0 Å². The number of urea groups is 1. The number of thiocarbonyl (C=S) groups is 1. The molecule has 0 aromatic rings. The highest BCUT2D eigenvalue weighted by Gasteiger charge is 2.51. The quantitative estimate of drug-likeness (QED) is 0.437. The van der Waals surface area contributed by atoms with Gasteiger partial charge in [-0.1, -0.05) is 12.2 Å². The molecule has 2 aliphatic rings. The lowest BCUT2D eigenvalue weighted by atomic mass is 9.90. The first kappa shape index (κ1) is 14.2. The van der Waals surface area contributed by atoms with Gasteiger partial charge in [0, 0.05) is 32.6 Å². The molecule has 0 bridgehead atoms. The van der Waals surface area contributed by atoms with E-state index < -0.39 is 5.54 Å². The van der Waals surface area contributed by atoms with Gasteiger partial charge >= 0.3 is 6.03 Å². The zero-order chi connectivity index (χ0) is 13.9. The van der Waals surface area contributed by atoms with Crippen LogP contribution in [0.4, 0.5) is 4.79 Å². The largest absolute Gasteiger partial charge is 0.393 e. The van der Waals surface area contributed by atoms with E-state index in [9.17, 15) is 9.59 Å². The van der Waals surface area contributed by atoms with Gasteiger partial charge in [-0.2, -0.15) is 0 Å². The fourth-order valence-electron chi connectivity index (χ4n) is 2.51. The minimum atomic E-state index is -0.724. The van der Waals surface area contributed by atoms with E-state index in [1.54, 1.807) is 0 Å². The fourth-order valence-corrected chi connectivity index (χ4v) is 2.65. The van der Waals surface area contributed by atoms with E-state index in [1.807, 2.05) is 0 Å². The van der Waals surface area contributed by atoms with Gasteiger partial charge in [-0.25, -0.2) is 4.79 Å². The number of rotatable bonds is 5. The van der Waals surface area contributed by atoms with Crippen LogP contribution < -0.4 is 11.1 Å². The van der Waals surface area contributed by atoms with Crippen LogP contribution in [0.1, 0.15) is 32.1 Å². The van der Waals surface area contributed by atoms with E-state index in [0.717, 1.165) is 12.8 Å². The number of carbonyl (C=O) groups is 2. The first-order valence-corrected chi connectivity index (χ1v) is 6.96. The third kappa shape index (κ3) is 3.03. The molecule has 106 valence electrons. The summed E-state index contributed by atoms with van der Waals surface area (Å²) in [7, 11) is 0. The average Bonchev–Trinajstić information content (AvgIpc) is 2.59. The van der Waals surface area contributed by atoms with Crippen molar-refractivity contribution in [3.8, 4) is 0 Å². The first-order chi connectivity index (χ1) is 9.05. The van der Waals surface area contributed by atoms with Crippen LogP contribution in [-0.4, -0.2) is 47.1 Å². The second kappa shape index (κ2) is 5.83. The molecule has 0 saturated carbocycles. The summed E-state index contributed by atoms with van der Waals surface area (Å²) < 4.78 is 5.25. The number of ether oxygens (including phenoxy) is 1. The maximum Gasteiger partial charge on any atom is 0.325 e. The molecule has 2 heterocycles. The number of nitrogens with two attached hydrogens (primary N) is 1. The monoisotopic (exact) mass is 285 g/mol. The molecule has 3 amide bonds. The van der Waals surface area contributed by atoms with Crippen molar-refractivity contribution in [1.82, 2.24) is 10.2 Å². The molecule has 19 heavy (non-hydrogen) atoms. The zero-order valence-corrected chi connectivity index (χ0v) is 11.6. The Morgan fingerprint density at radius 3 is 2.68 bits per heavy atom. The maximum absolute atomic E-state index is 12.4. The van der Waals surface area contributed by atoms with Crippen molar-refractivity contribution in [2.45, 2.75) is 37.6 Å². The maximum atomic E-state index is 12.4. The molecule has 6 nitrogen and oxygen atoms in total. The Hall–Kier alpha value is -1.21. The van der Waals surface area contributed by atoms with Crippen molar-refractivity contribution in [2.75, 3.05) is 19.8 Å². The van der Waals surface area contributed by atoms with E-state index in [-0.39, 0.29) is 11.9 Å². The Bertz CT molecular complexity index is 394. The van der Waals surface area contributed by atoms with Crippen LogP contribution in [0.15, 0.2) is 0 Å². The van der Waals surface area contributed by atoms with Gasteiger partial charge in [-0.15, -0.1) is 0 Å². The van der Waals surface area contributed by atoms with Crippen molar-refractivity contribution < 1.29 is 14.3 Å². The van der Waals surface area contributed by atoms with Crippen LogP contribution >= 0.6 is 12.2 Å². The molecule has 0 unspecified atom stereocenters. The molecule has 2 fully saturated rings. The van der Waals surface area contributed by atoms with Gasteiger partial charge in [0.05, 0.1) is 4.99 Å². The van der Waals surface area contributed by atoms with Crippen LogP contribution in [0, 0.1) is 0 Å². The standard InChI is InChI=1S/C12H19N3O3S/c13-9(19)3-1-2-6-15-10(16)12(14-11(15)17)4-7-18-8-5-12/h1-8H2,(H2,13,19)(H,14,17). The van der Waals surface area contributed by atoms with Gasteiger partial charge in [0.1, 0.15) is 5.54 Å². The van der Waals surface area contributed by atoms with Gasteiger partial charge in [0.25, 0.3) is 5.91 Å². The van der Waals surface area contributed by atoms with Crippen molar-refractivity contribution in [3.63, 3.8) is 0 Å². The summed E-state index contributed by atoms with van der Waals surface area (Å²) in [6, 6.07) is -0.290. The van der Waals surface area contributed by atoms with Gasteiger partial charge in [0.2, 0.25) is 0 Å². The van der Waals surface area contributed by atoms with Crippen LogP contribution in [0.5, 0.6) is 0 Å². The number of imide groups is 1. The number of hydrogen-bond acceptors (Lipinski definition) is 4. The van der Waals surface area contributed by atoms with Crippen LogP contribution in [0.3, 0.4) is 0 Å². The van der Waals surface area contributed by atoms with Crippen LogP contribution in [0.25, 0.3) is 0 Å². The third-order valence-electron chi connectivity index (χ3n) is 3.65. The molecule has 2 aliphatic heterocycles. The van der Waals surface area contributed by atoms with E-state index >= 15 is 0 Å². The number of amides is 3. The van der Waals surface area contributed by atoms with Crippen molar-refractivity contribution in [3.05, 3.63) is 0 Å². The molecule has 0 atom stereocenters. The minimum Gasteiger partial charge on any atom is -0.393 e. The highest BCUT2D eigenvalue weighted by atomic mass is 32.1. The van der Waals surface area contributed by atoms with E-state index in [0.29, 0.717) is 44.0 Å². The summed E-state index contributed by atoms with van der Waals surface area (Å²) in [6.45, 7) is 1.46. The summed E-state index contributed by atoms with van der Waals surface area (Å²) in [4.78, 5) is 26.0. The molecule has 1 spiro atoms. The molecular weight excluding hydrogens is 266 g/mol. The lowest BCUT2D eigenvalue weighted by Crippen LogP contribution is -2.51. The first-order valence-electron chi connectivity index (χ1n) is 6.55. The summed E-state index contributed by atoms with van der Waals surface area (Å²) in [5, 5.41) is 2.83. The Morgan fingerprint density at radius 2 is 2.05 bits per heavy atom. The molecule has 3 N–H and O–H groups in total. The van der Waals surface area contributed by atoms with E-state index in [4.69, 9.17) is 22.7 Å². The summed E-state index contributed by atoms with van der Waals surface area (Å²) in [5.41, 5.74) is 4.69. The highest BCUT2D eigenvalue weighted by molar-refractivity contribution is 7.80. The highest BCUT2D eigenvalue weighted by Crippen LogP contribution is 2.28. The predicted molar refractivity (Wildman–Crippen MR) is 73.7 cm³/mol. The second-order valence-electron chi connectivity index (χ2n) is 5.00. The number of carbonyl (C=O) groups excluding carboxylic acids is 2. The van der Waals surface area contributed by atoms with Crippen LogP contribution in [-0.2, 0) is 9.53 Å². The summed E-state index contributed by atoms with van der Waals surface area (Å²) in [6.07, 6.45) is 3.28. The Morgan fingerprint density at radius 1 is 1.37 bits per heavy atom. The van der Waals surface area contributed by atoms with Crippen LogP contribution in [0.2, 0.25) is 0 Å². The molecule has 7 heteroatoms. The van der Waals surface area contributed by atoms with Gasteiger partial charge < -0.3 is 15.8 Å². The predicted octanol–water partition coefficient (Wildman–Crippen LogP) is 0.544. The number of unbranched alkanes of at least 4 members (excludes halogenated alkanes) is 1. The molecule has 2 saturated heterocycles. The van der Waals surface area contributed by atoms with Crippen molar-refractivity contribution >= 4 is 29.1 Å². The zero-order valence-electron chi connectivity index (χ0n) is 10.8. The molecule has 2 rings (SSSR count). The molecule has 0 aromatic carbocycles. The fraction of sp³-hybridized carbons (Fsp3) is 0.750. The number of hydrogen-bond donors (Lipinski definition) is 2.